The highest BCUT2D eigenvalue weighted by Crippen LogP contribution is 1.93. The van der Waals surface area contributed by atoms with Gasteiger partial charge in [-0.25, -0.2) is 0 Å². The zero-order valence-corrected chi connectivity index (χ0v) is 9.09. The van der Waals surface area contributed by atoms with Gasteiger partial charge < -0.3 is 10.1 Å². The van der Waals surface area contributed by atoms with Crippen molar-refractivity contribution in [2.24, 2.45) is 5.92 Å². The van der Waals surface area contributed by atoms with Gasteiger partial charge in [-0.15, -0.1) is 0 Å². The quantitative estimate of drug-likeness (QED) is 0.641. The van der Waals surface area contributed by atoms with E-state index in [-0.39, 0.29) is 5.97 Å². The molecule has 0 rings (SSSR count). The molecule has 1 atom stereocenters. The van der Waals surface area contributed by atoms with Gasteiger partial charge in [-0.3, -0.25) is 4.79 Å². The van der Waals surface area contributed by atoms with E-state index in [1.807, 2.05) is 13.8 Å². The first-order valence-electron chi connectivity index (χ1n) is 4.95. The fourth-order valence-electron chi connectivity index (χ4n) is 0.713. The summed E-state index contributed by atoms with van der Waals surface area (Å²) in [4.78, 5) is 11.1. The standard InChI is InChI=1S/C10H21NO2/c1-5-9(4)11-6-10(12)13-7-8(2)3/h8-9,11H,5-7H2,1-4H3. The SMILES string of the molecule is CCC(C)NCC(=O)OCC(C)C. The van der Waals surface area contributed by atoms with E-state index < -0.39 is 0 Å². The fraction of sp³-hybridized carbons (Fsp3) is 0.900. The Morgan fingerprint density at radius 3 is 2.46 bits per heavy atom. The van der Waals surface area contributed by atoms with Crippen LogP contribution >= 0.6 is 0 Å². The molecule has 13 heavy (non-hydrogen) atoms. The summed E-state index contributed by atoms with van der Waals surface area (Å²) in [5.74, 6) is 0.251. The molecule has 3 nitrogen and oxygen atoms in total. The molecule has 0 saturated carbocycles. The van der Waals surface area contributed by atoms with Gasteiger partial charge in [-0.05, 0) is 19.3 Å². The van der Waals surface area contributed by atoms with Gasteiger partial charge in [0, 0.05) is 6.04 Å². The first-order valence-corrected chi connectivity index (χ1v) is 4.95. The topological polar surface area (TPSA) is 38.3 Å². The number of nitrogens with one attached hydrogen (secondary N) is 1. The van der Waals surface area contributed by atoms with Crippen molar-refractivity contribution in [2.75, 3.05) is 13.2 Å². The molecule has 3 heteroatoms. The predicted octanol–water partition coefficient (Wildman–Crippen LogP) is 1.57. The van der Waals surface area contributed by atoms with Gasteiger partial charge in [0.15, 0.2) is 0 Å². The van der Waals surface area contributed by atoms with Crippen LogP contribution in [0.1, 0.15) is 34.1 Å². The molecule has 1 unspecified atom stereocenters. The van der Waals surface area contributed by atoms with Gasteiger partial charge in [-0.2, -0.15) is 0 Å². The third kappa shape index (κ3) is 7.78. The highest BCUT2D eigenvalue weighted by Gasteiger charge is 2.05. The summed E-state index contributed by atoms with van der Waals surface area (Å²) in [5.41, 5.74) is 0. The number of carbonyl (C=O) groups is 1. The van der Waals surface area contributed by atoms with Crippen molar-refractivity contribution in [1.29, 1.82) is 0 Å². The van der Waals surface area contributed by atoms with Crippen molar-refractivity contribution in [3.8, 4) is 0 Å². The highest BCUT2D eigenvalue weighted by atomic mass is 16.5. The minimum absolute atomic E-state index is 0.158. The summed E-state index contributed by atoms with van der Waals surface area (Å²) in [7, 11) is 0. The fourth-order valence-corrected chi connectivity index (χ4v) is 0.713. The first-order chi connectivity index (χ1) is 6.06. The minimum Gasteiger partial charge on any atom is -0.464 e. The van der Waals surface area contributed by atoms with Crippen LogP contribution in [0.2, 0.25) is 0 Å². The van der Waals surface area contributed by atoms with Crippen LogP contribution in [0.4, 0.5) is 0 Å². The average molecular weight is 187 g/mol. The Balaban J connectivity index is 3.40. The Kier molecular flexibility index (Phi) is 6.59. The number of ether oxygens (including phenoxy) is 1. The van der Waals surface area contributed by atoms with E-state index in [0.717, 1.165) is 6.42 Å². The Morgan fingerprint density at radius 1 is 1.38 bits per heavy atom. The van der Waals surface area contributed by atoms with Gasteiger partial charge in [-0.1, -0.05) is 20.8 Å². The predicted molar refractivity (Wildman–Crippen MR) is 53.6 cm³/mol. The molecule has 0 aliphatic heterocycles. The van der Waals surface area contributed by atoms with Crippen molar-refractivity contribution in [1.82, 2.24) is 5.32 Å². The molecule has 0 aromatic rings. The smallest absolute Gasteiger partial charge is 0.319 e. The molecule has 0 aromatic heterocycles. The molecule has 0 aliphatic carbocycles. The van der Waals surface area contributed by atoms with Crippen LogP contribution in [0.3, 0.4) is 0 Å². The summed E-state index contributed by atoms with van der Waals surface area (Å²) < 4.78 is 5.00. The monoisotopic (exact) mass is 187 g/mol. The number of hydrogen-bond donors (Lipinski definition) is 1. The van der Waals surface area contributed by atoms with Crippen molar-refractivity contribution >= 4 is 5.97 Å². The Bertz CT molecular complexity index is 146. The third-order valence-corrected chi connectivity index (χ3v) is 1.78. The summed E-state index contributed by atoms with van der Waals surface area (Å²) >= 11 is 0. The number of hydrogen-bond acceptors (Lipinski definition) is 3. The first kappa shape index (κ1) is 12.4. The van der Waals surface area contributed by atoms with E-state index in [9.17, 15) is 4.79 Å². The Labute approximate surface area is 80.8 Å². The average Bonchev–Trinajstić information content (AvgIpc) is 2.10. The number of rotatable bonds is 6. The molecule has 78 valence electrons. The normalized spacial score (nSPS) is 13.0. The molecule has 0 aliphatic rings. The van der Waals surface area contributed by atoms with E-state index in [0.29, 0.717) is 25.1 Å². The lowest BCUT2D eigenvalue weighted by Gasteiger charge is -2.11. The maximum Gasteiger partial charge on any atom is 0.319 e. The van der Waals surface area contributed by atoms with Crippen molar-refractivity contribution in [3.63, 3.8) is 0 Å². The second-order valence-corrected chi connectivity index (χ2v) is 3.77. The molecule has 0 fully saturated rings. The molecule has 0 spiro atoms. The Morgan fingerprint density at radius 2 is 2.00 bits per heavy atom. The maximum absolute atomic E-state index is 11.1. The molecule has 0 aromatic carbocycles. The largest absolute Gasteiger partial charge is 0.464 e. The molecular formula is C10H21NO2. The maximum atomic E-state index is 11.1. The van der Waals surface area contributed by atoms with E-state index in [1.165, 1.54) is 0 Å². The molecule has 0 bridgehead atoms. The van der Waals surface area contributed by atoms with E-state index in [1.54, 1.807) is 0 Å². The van der Waals surface area contributed by atoms with Gasteiger partial charge in [0.25, 0.3) is 0 Å². The lowest BCUT2D eigenvalue weighted by atomic mass is 10.2. The van der Waals surface area contributed by atoms with E-state index >= 15 is 0 Å². The van der Waals surface area contributed by atoms with Crippen LogP contribution in [-0.4, -0.2) is 25.2 Å². The van der Waals surface area contributed by atoms with Gasteiger partial charge in [0.05, 0.1) is 13.2 Å². The van der Waals surface area contributed by atoms with Crippen LogP contribution in [0.15, 0.2) is 0 Å². The summed E-state index contributed by atoms with van der Waals surface area (Å²) in [6.45, 7) is 9.01. The molecule has 1 N–H and O–H groups in total. The molecule has 0 radical (unpaired) electrons. The summed E-state index contributed by atoms with van der Waals surface area (Å²) in [6.07, 6.45) is 1.03. The van der Waals surface area contributed by atoms with Crippen LogP contribution < -0.4 is 5.32 Å². The molecule has 0 heterocycles. The molecular weight excluding hydrogens is 166 g/mol. The lowest BCUT2D eigenvalue weighted by molar-refractivity contribution is -0.143. The van der Waals surface area contributed by atoms with Crippen LogP contribution in [0, 0.1) is 5.92 Å². The van der Waals surface area contributed by atoms with Crippen LogP contribution in [0.25, 0.3) is 0 Å². The second kappa shape index (κ2) is 6.89. The van der Waals surface area contributed by atoms with Crippen molar-refractivity contribution in [2.45, 2.75) is 40.2 Å². The van der Waals surface area contributed by atoms with Gasteiger partial charge >= 0.3 is 5.97 Å². The lowest BCUT2D eigenvalue weighted by Crippen LogP contribution is -2.32. The van der Waals surface area contributed by atoms with Crippen LogP contribution in [0.5, 0.6) is 0 Å². The zero-order valence-electron chi connectivity index (χ0n) is 9.09. The second-order valence-electron chi connectivity index (χ2n) is 3.77. The van der Waals surface area contributed by atoms with E-state index in [2.05, 4.69) is 19.2 Å². The third-order valence-electron chi connectivity index (χ3n) is 1.78. The van der Waals surface area contributed by atoms with E-state index in [4.69, 9.17) is 4.74 Å². The zero-order chi connectivity index (χ0) is 10.3. The molecule has 0 saturated heterocycles. The summed E-state index contributed by atoms with van der Waals surface area (Å²) in [5, 5.41) is 3.08. The van der Waals surface area contributed by atoms with Crippen molar-refractivity contribution < 1.29 is 9.53 Å². The summed E-state index contributed by atoms with van der Waals surface area (Å²) in [6, 6.07) is 0.381. The minimum atomic E-state index is -0.158. The van der Waals surface area contributed by atoms with Crippen molar-refractivity contribution in [3.05, 3.63) is 0 Å². The highest BCUT2D eigenvalue weighted by molar-refractivity contribution is 5.71. The molecule has 0 amide bonds. The number of esters is 1. The Hall–Kier alpha value is -0.570. The van der Waals surface area contributed by atoms with Gasteiger partial charge in [0.2, 0.25) is 0 Å². The van der Waals surface area contributed by atoms with Gasteiger partial charge in [0.1, 0.15) is 0 Å². The van der Waals surface area contributed by atoms with Crippen LogP contribution in [-0.2, 0) is 9.53 Å². The number of carbonyl (C=O) groups excluding carboxylic acids is 1.